The van der Waals surface area contributed by atoms with Crippen molar-refractivity contribution in [2.75, 3.05) is 0 Å². The van der Waals surface area contributed by atoms with Gasteiger partial charge in [0, 0.05) is 0 Å². The summed E-state index contributed by atoms with van der Waals surface area (Å²) in [6.07, 6.45) is 21.4. The van der Waals surface area contributed by atoms with Crippen molar-refractivity contribution in [3.05, 3.63) is 0 Å². The van der Waals surface area contributed by atoms with E-state index in [-0.39, 0.29) is 0 Å². The summed E-state index contributed by atoms with van der Waals surface area (Å²) in [4.78, 5) is 0. The molecule has 4 aliphatic carbocycles. The van der Waals surface area contributed by atoms with E-state index in [2.05, 4.69) is 27.7 Å². The second-order valence-electron chi connectivity index (χ2n) is 11.6. The summed E-state index contributed by atoms with van der Waals surface area (Å²) in [7, 11) is 0. The smallest absolute Gasteiger partial charge is 0.0264 e. The van der Waals surface area contributed by atoms with Gasteiger partial charge in [-0.2, -0.15) is 0 Å². The number of hydrogen-bond donors (Lipinski definition) is 0. The van der Waals surface area contributed by atoms with Gasteiger partial charge in [0.1, 0.15) is 0 Å². The lowest BCUT2D eigenvalue weighted by Crippen LogP contribution is -2.53. The number of unbranched alkanes of at least 4 members (excludes halogenated alkanes) is 2. The summed E-state index contributed by atoms with van der Waals surface area (Å²) in [5, 5.41) is 0. The van der Waals surface area contributed by atoms with Crippen LogP contribution >= 0.6 is 0 Å². The van der Waals surface area contributed by atoms with Crippen molar-refractivity contribution in [1.29, 1.82) is 0 Å². The standard InChI is InChI=1S/C26H46.C2H6/c1-5-6-7-10-19(2)22-14-15-23-21-13-12-20-11-8-9-17-25(20,3)24(21)16-18-26(22,23)4;1-2/h19-24H,5-18H2,1-4H3;1-2H3. The van der Waals surface area contributed by atoms with Crippen LogP contribution in [0, 0.1) is 46.3 Å². The van der Waals surface area contributed by atoms with E-state index >= 15 is 0 Å². The first-order valence-corrected chi connectivity index (χ1v) is 13.5. The van der Waals surface area contributed by atoms with Crippen LogP contribution in [0.4, 0.5) is 0 Å². The van der Waals surface area contributed by atoms with Crippen LogP contribution in [0.15, 0.2) is 0 Å². The monoisotopic (exact) mass is 388 g/mol. The molecule has 0 bridgehead atoms. The molecule has 8 unspecified atom stereocenters. The van der Waals surface area contributed by atoms with Crippen LogP contribution in [0.3, 0.4) is 0 Å². The Balaban J connectivity index is 0.00000109. The molecule has 4 fully saturated rings. The van der Waals surface area contributed by atoms with Gasteiger partial charge in [-0.05, 0) is 97.7 Å². The summed E-state index contributed by atoms with van der Waals surface area (Å²) in [6.45, 7) is 14.4. The van der Waals surface area contributed by atoms with Crippen LogP contribution in [0.5, 0.6) is 0 Å². The van der Waals surface area contributed by atoms with Gasteiger partial charge in [0.25, 0.3) is 0 Å². The molecule has 0 N–H and O–H groups in total. The second-order valence-corrected chi connectivity index (χ2v) is 11.6. The first kappa shape index (κ1) is 22.7. The van der Waals surface area contributed by atoms with Crippen LogP contribution in [0.25, 0.3) is 0 Å². The maximum atomic E-state index is 2.75. The second kappa shape index (κ2) is 9.43. The predicted octanol–water partition coefficient (Wildman–Crippen LogP) is 9.28. The molecular formula is C28H52. The minimum Gasteiger partial charge on any atom is -0.0683 e. The number of rotatable bonds is 5. The fourth-order valence-corrected chi connectivity index (χ4v) is 9.19. The predicted molar refractivity (Wildman–Crippen MR) is 124 cm³/mol. The highest BCUT2D eigenvalue weighted by Crippen LogP contribution is 2.68. The molecule has 4 saturated carbocycles. The van der Waals surface area contributed by atoms with Crippen LogP contribution in [0.2, 0.25) is 0 Å². The van der Waals surface area contributed by atoms with Crippen molar-refractivity contribution in [2.24, 2.45) is 46.3 Å². The molecule has 0 aromatic rings. The fourth-order valence-electron chi connectivity index (χ4n) is 9.19. The topological polar surface area (TPSA) is 0 Å². The van der Waals surface area contributed by atoms with Gasteiger partial charge in [0.15, 0.2) is 0 Å². The molecule has 0 heteroatoms. The molecule has 4 aliphatic rings. The van der Waals surface area contributed by atoms with Gasteiger partial charge in [-0.3, -0.25) is 0 Å². The Morgan fingerprint density at radius 2 is 1.54 bits per heavy atom. The molecule has 0 heterocycles. The molecule has 0 spiro atoms. The van der Waals surface area contributed by atoms with E-state index in [0.29, 0.717) is 10.8 Å². The summed E-state index contributed by atoms with van der Waals surface area (Å²) in [5.74, 6) is 6.30. The van der Waals surface area contributed by atoms with Crippen molar-refractivity contribution in [3.8, 4) is 0 Å². The third kappa shape index (κ3) is 3.85. The Hall–Kier alpha value is 0. The average Bonchev–Trinajstić information content (AvgIpc) is 3.06. The van der Waals surface area contributed by atoms with Gasteiger partial charge >= 0.3 is 0 Å². The Morgan fingerprint density at radius 3 is 2.29 bits per heavy atom. The molecule has 0 nitrogen and oxygen atoms in total. The van der Waals surface area contributed by atoms with Gasteiger partial charge in [0.05, 0.1) is 0 Å². The first-order chi connectivity index (χ1) is 13.5. The van der Waals surface area contributed by atoms with E-state index in [1.165, 1.54) is 38.5 Å². The van der Waals surface area contributed by atoms with Gasteiger partial charge in [-0.15, -0.1) is 0 Å². The Morgan fingerprint density at radius 1 is 0.786 bits per heavy atom. The largest absolute Gasteiger partial charge is 0.0683 e. The lowest BCUT2D eigenvalue weighted by Gasteiger charge is -2.61. The molecule has 28 heavy (non-hydrogen) atoms. The van der Waals surface area contributed by atoms with Crippen LogP contribution in [0.1, 0.15) is 131 Å². The normalized spacial score (nSPS) is 45.9. The zero-order chi connectivity index (χ0) is 20.4. The van der Waals surface area contributed by atoms with Gasteiger partial charge in [0.2, 0.25) is 0 Å². The summed E-state index contributed by atoms with van der Waals surface area (Å²) in [5.41, 5.74) is 1.40. The average molecular weight is 389 g/mol. The summed E-state index contributed by atoms with van der Waals surface area (Å²) in [6, 6.07) is 0. The summed E-state index contributed by atoms with van der Waals surface area (Å²) < 4.78 is 0. The molecule has 0 aromatic heterocycles. The molecule has 0 aromatic carbocycles. The zero-order valence-corrected chi connectivity index (χ0v) is 20.4. The maximum Gasteiger partial charge on any atom is -0.0264 e. The maximum absolute atomic E-state index is 2.75. The molecule has 0 saturated heterocycles. The molecule has 4 rings (SSSR count). The minimum absolute atomic E-state index is 0.685. The fraction of sp³-hybridized carbons (Fsp3) is 1.00. The van der Waals surface area contributed by atoms with Gasteiger partial charge < -0.3 is 0 Å². The Kier molecular flexibility index (Phi) is 7.64. The molecule has 0 amide bonds. The summed E-state index contributed by atoms with van der Waals surface area (Å²) >= 11 is 0. The minimum atomic E-state index is 0.685. The quantitative estimate of drug-likeness (QED) is 0.411. The van der Waals surface area contributed by atoms with Crippen molar-refractivity contribution < 1.29 is 0 Å². The van der Waals surface area contributed by atoms with Crippen molar-refractivity contribution >= 4 is 0 Å². The van der Waals surface area contributed by atoms with Crippen molar-refractivity contribution in [2.45, 2.75) is 131 Å². The highest BCUT2D eigenvalue weighted by atomic mass is 14.6. The van der Waals surface area contributed by atoms with Gasteiger partial charge in [-0.25, -0.2) is 0 Å². The first-order valence-electron chi connectivity index (χ1n) is 13.5. The Labute approximate surface area is 178 Å². The number of fused-ring (bicyclic) bond motifs is 5. The highest BCUT2D eigenvalue weighted by Gasteiger charge is 2.59. The molecule has 164 valence electrons. The molecule has 8 atom stereocenters. The Bertz CT molecular complexity index is 480. The number of hydrogen-bond acceptors (Lipinski definition) is 0. The molecule has 0 aliphatic heterocycles. The van der Waals surface area contributed by atoms with Crippen LogP contribution < -0.4 is 0 Å². The van der Waals surface area contributed by atoms with E-state index in [1.807, 2.05) is 13.8 Å². The van der Waals surface area contributed by atoms with E-state index in [1.54, 1.807) is 51.4 Å². The third-order valence-corrected chi connectivity index (χ3v) is 10.6. The van der Waals surface area contributed by atoms with Crippen LogP contribution in [-0.2, 0) is 0 Å². The molecule has 0 radical (unpaired) electrons. The third-order valence-electron chi connectivity index (χ3n) is 10.6. The lowest BCUT2D eigenvalue weighted by molar-refractivity contribution is -0.114. The van der Waals surface area contributed by atoms with E-state index in [4.69, 9.17) is 0 Å². The van der Waals surface area contributed by atoms with E-state index < -0.39 is 0 Å². The lowest BCUT2D eigenvalue weighted by atomic mass is 9.44. The SMILES string of the molecule is CC.CCCCCC(C)C1CCC2C3CCC4CCCCC4(C)C3CCC12C. The highest BCUT2D eigenvalue weighted by molar-refractivity contribution is 5.09. The van der Waals surface area contributed by atoms with E-state index in [0.717, 1.165) is 35.5 Å². The molecular weight excluding hydrogens is 336 g/mol. The van der Waals surface area contributed by atoms with Gasteiger partial charge in [-0.1, -0.05) is 80.1 Å². The van der Waals surface area contributed by atoms with Crippen LogP contribution in [-0.4, -0.2) is 0 Å². The van der Waals surface area contributed by atoms with Crippen molar-refractivity contribution in [3.63, 3.8) is 0 Å². The van der Waals surface area contributed by atoms with Crippen molar-refractivity contribution in [1.82, 2.24) is 0 Å². The zero-order valence-electron chi connectivity index (χ0n) is 20.4. The van der Waals surface area contributed by atoms with E-state index in [9.17, 15) is 0 Å².